The van der Waals surface area contributed by atoms with Crippen LogP contribution in [0, 0.1) is 0 Å². The second-order valence-corrected chi connectivity index (χ2v) is 2.25. The summed E-state index contributed by atoms with van der Waals surface area (Å²) >= 11 is 0. The number of hydrogen-bond acceptors (Lipinski definition) is 2. The van der Waals surface area contributed by atoms with Crippen molar-refractivity contribution in [1.82, 2.24) is 0 Å². The van der Waals surface area contributed by atoms with Gasteiger partial charge in [0, 0.05) is 0 Å². The normalized spacial score (nSPS) is 9.08. The van der Waals surface area contributed by atoms with Crippen molar-refractivity contribution in [3.8, 4) is 0 Å². The van der Waals surface area contributed by atoms with Gasteiger partial charge in [-0.15, -0.1) is 0 Å². The van der Waals surface area contributed by atoms with Crippen LogP contribution in [-0.4, -0.2) is 22.2 Å². The van der Waals surface area contributed by atoms with Crippen molar-refractivity contribution in [3.63, 3.8) is 0 Å². The van der Waals surface area contributed by atoms with E-state index in [0.717, 1.165) is 0 Å². The fraction of sp³-hybridized carbons (Fsp3) is 0.556. The SMILES string of the molecule is CCC=CCC.O=C(O)CC(=O)O. The second-order valence-electron chi connectivity index (χ2n) is 2.25. The standard InChI is InChI=1S/C6H12.C3H4O4/c1-3-5-6-4-2;4-2(5)1-3(6)7/h5-6H,3-4H2,1-2H3;1H2,(H,4,5)(H,6,7). The highest BCUT2D eigenvalue weighted by atomic mass is 16.4. The lowest BCUT2D eigenvalue weighted by molar-refractivity contribution is -0.147. The van der Waals surface area contributed by atoms with Crippen LogP contribution in [0.15, 0.2) is 12.2 Å². The molecule has 0 bridgehead atoms. The van der Waals surface area contributed by atoms with Crippen molar-refractivity contribution in [1.29, 1.82) is 0 Å². The first-order valence-electron chi connectivity index (χ1n) is 4.13. The van der Waals surface area contributed by atoms with Crippen LogP contribution in [0.1, 0.15) is 33.1 Å². The maximum atomic E-state index is 9.43. The molecule has 0 rings (SSSR count). The van der Waals surface area contributed by atoms with Crippen molar-refractivity contribution in [2.24, 2.45) is 0 Å². The van der Waals surface area contributed by atoms with Crippen LogP contribution in [0.2, 0.25) is 0 Å². The van der Waals surface area contributed by atoms with E-state index in [4.69, 9.17) is 10.2 Å². The number of hydrogen-bond donors (Lipinski definition) is 2. The zero-order chi connectivity index (χ0) is 10.7. The predicted molar refractivity (Wildman–Crippen MR) is 49.6 cm³/mol. The summed E-state index contributed by atoms with van der Waals surface area (Å²) in [5.74, 6) is -2.62. The molecule has 0 unspecified atom stereocenters. The summed E-state index contributed by atoms with van der Waals surface area (Å²) in [6.07, 6.45) is 5.90. The summed E-state index contributed by atoms with van der Waals surface area (Å²) in [7, 11) is 0. The Kier molecular flexibility index (Phi) is 11.7. The molecule has 0 heterocycles. The lowest BCUT2D eigenvalue weighted by Gasteiger charge is -1.80. The monoisotopic (exact) mass is 188 g/mol. The van der Waals surface area contributed by atoms with E-state index >= 15 is 0 Å². The summed E-state index contributed by atoms with van der Waals surface area (Å²) < 4.78 is 0. The molecule has 4 heteroatoms. The van der Waals surface area contributed by atoms with Gasteiger partial charge in [-0.1, -0.05) is 26.0 Å². The molecule has 0 saturated carbocycles. The Bertz CT molecular complexity index is 154. The van der Waals surface area contributed by atoms with Crippen molar-refractivity contribution >= 4 is 11.9 Å². The number of carboxylic acid groups (broad SMARTS) is 2. The zero-order valence-electron chi connectivity index (χ0n) is 7.99. The predicted octanol–water partition coefficient (Wildman–Crippen LogP) is 1.91. The van der Waals surface area contributed by atoms with Gasteiger partial charge in [0.15, 0.2) is 0 Å². The van der Waals surface area contributed by atoms with Gasteiger partial charge in [0.2, 0.25) is 0 Å². The molecule has 0 aromatic rings. The first kappa shape index (κ1) is 14.2. The number of carbonyl (C=O) groups is 2. The minimum Gasteiger partial charge on any atom is -0.481 e. The van der Waals surface area contributed by atoms with Crippen LogP contribution in [0.3, 0.4) is 0 Å². The van der Waals surface area contributed by atoms with Crippen LogP contribution in [0.25, 0.3) is 0 Å². The summed E-state index contributed by atoms with van der Waals surface area (Å²) in [5, 5.41) is 15.4. The third-order valence-corrected chi connectivity index (χ3v) is 0.941. The highest BCUT2D eigenvalue weighted by Gasteiger charge is 2.01. The number of carboxylic acids is 2. The molecule has 76 valence electrons. The molecule has 0 radical (unpaired) electrons. The first-order valence-corrected chi connectivity index (χ1v) is 4.13. The van der Waals surface area contributed by atoms with E-state index in [-0.39, 0.29) is 0 Å². The van der Waals surface area contributed by atoms with E-state index in [1.54, 1.807) is 0 Å². The molecular formula is C9H16O4. The molecule has 2 N–H and O–H groups in total. The quantitative estimate of drug-likeness (QED) is 0.522. The van der Waals surface area contributed by atoms with Crippen LogP contribution in [0.5, 0.6) is 0 Å². The van der Waals surface area contributed by atoms with Crippen molar-refractivity contribution in [3.05, 3.63) is 12.2 Å². The molecule has 0 saturated heterocycles. The Balaban J connectivity index is 0. The van der Waals surface area contributed by atoms with Gasteiger partial charge < -0.3 is 10.2 Å². The summed E-state index contributed by atoms with van der Waals surface area (Å²) in [6, 6.07) is 0. The van der Waals surface area contributed by atoms with Gasteiger partial charge in [0.05, 0.1) is 0 Å². The Morgan fingerprint density at radius 2 is 1.31 bits per heavy atom. The first-order chi connectivity index (χ1) is 6.04. The lowest BCUT2D eigenvalue weighted by atomic mass is 10.4. The van der Waals surface area contributed by atoms with E-state index < -0.39 is 18.4 Å². The molecule has 0 amide bonds. The minimum absolute atomic E-state index is 0.806. The van der Waals surface area contributed by atoms with Crippen LogP contribution < -0.4 is 0 Å². The lowest BCUT2D eigenvalue weighted by Crippen LogP contribution is -2.03. The largest absolute Gasteiger partial charge is 0.481 e. The molecule has 0 aromatic carbocycles. The van der Waals surface area contributed by atoms with Crippen molar-refractivity contribution in [2.75, 3.05) is 0 Å². The molecule has 0 aliphatic carbocycles. The van der Waals surface area contributed by atoms with Crippen LogP contribution in [0.4, 0.5) is 0 Å². The maximum absolute atomic E-state index is 9.43. The molecule has 0 atom stereocenters. The molecular weight excluding hydrogens is 172 g/mol. The average Bonchev–Trinajstić information content (AvgIpc) is 1.99. The molecule has 13 heavy (non-hydrogen) atoms. The van der Waals surface area contributed by atoms with Gasteiger partial charge in [0.1, 0.15) is 6.42 Å². The summed E-state index contributed by atoms with van der Waals surface area (Å²) in [6.45, 7) is 4.29. The molecule has 0 aromatic heterocycles. The van der Waals surface area contributed by atoms with Crippen molar-refractivity contribution < 1.29 is 19.8 Å². The van der Waals surface area contributed by atoms with Gasteiger partial charge in [-0.2, -0.15) is 0 Å². The van der Waals surface area contributed by atoms with Crippen LogP contribution in [-0.2, 0) is 9.59 Å². The minimum atomic E-state index is -1.31. The third-order valence-electron chi connectivity index (χ3n) is 0.941. The average molecular weight is 188 g/mol. The number of aliphatic carboxylic acids is 2. The van der Waals surface area contributed by atoms with Crippen molar-refractivity contribution in [2.45, 2.75) is 33.1 Å². The number of rotatable bonds is 4. The molecule has 0 aliphatic rings. The second kappa shape index (κ2) is 10.7. The van der Waals surface area contributed by atoms with E-state index in [1.807, 2.05) is 0 Å². The van der Waals surface area contributed by atoms with Crippen LogP contribution >= 0.6 is 0 Å². The Hall–Kier alpha value is -1.32. The summed E-state index contributed by atoms with van der Waals surface area (Å²) in [4.78, 5) is 18.9. The fourth-order valence-corrected chi connectivity index (χ4v) is 0.463. The topological polar surface area (TPSA) is 74.6 Å². The fourth-order valence-electron chi connectivity index (χ4n) is 0.463. The maximum Gasteiger partial charge on any atom is 0.314 e. The molecule has 0 aliphatic heterocycles. The Morgan fingerprint density at radius 1 is 1.00 bits per heavy atom. The van der Waals surface area contributed by atoms with E-state index in [1.165, 1.54) is 12.8 Å². The smallest absolute Gasteiger partial charge is 0.314 e. The Labute approximate surface area is 77.9 Å². The molecule has 0 fully saturated rings. The summed E-state index contributed by atoms with van der Waals surface area (Å²) in [5.41, 5.74) is 0. The van der Waals surface area contributed by atoms with Gasteiger partial charge in [-0.3, -0.25) is 9.59 Å². The van der Waals surface area contributed by atoms with Gasteiger partial charge in [-0.25, -0.2) is 0 Å². The molecule has 4 nitrogen and oxygen atoms in total. The van der Waals surface area contributed by atoms with Gasteiger partial charge >= 0.3 is 11.9 Å². The highest BCUT2D eigenvalue weighted by Crippen LogP contribution is 1.81. The van der Waals surface area contributed by atoms with E-state index in [0.29, 0.717) is 0 Å². The third kappa shape index (κ3) is 24.9. The number of allylic oxidation sites excluding steroid dienone is 2. The van der Waals surface area contributed by atoms with E-state index in [2.05, 4.69) is 26.0 Å². The highest BCUT2D eigenvalue weighted by molar-refractivity contribution is 5.88. The van der Waals surface area contributed by atoms with Gasteiger partial charge in [0.25, 0.3) is 0 Å². The van der Waals surface area contributed by atoms with E-state index in [9.17, 15) is 9.59 Å². The zero-order valence-corrected chi connectivity index (χ0v) is 7.99. The van der Waals surface area contributed by atoms with Gasteiger partial charge in [-0.05, 0) is 12.8 Å². The molecule has 0 spiro atoms. The Morgan fingerprint density at radius 3 is 1.38 bits per heavy atom.